The van der Waals surface area contributed by atoms with Crippen LogP contribution in [0.25, 0.3) is 0 Å². The van der Waals surface area contributed by atoms with Crippen LogP contribution in [-0.4, -0.2) is 30.4 Å². The van der Waals surface area contributed by atoms with Crippen LogP contribution in [0.3, 0.4) is 0 Å². The lowest BCUT2D eigenvalue weighted by Crippen LogP contribution is -2.34. The quantitative estimate of drug-likeness (QED) is 0.907. The Balaban J connectivity index is 1.96. The van der Waals surface area contributed by atoms with Gasteiger partial charge in [0.25, 0.3) is 5.91 Å². The smallest absolute Gasteiger partial charge is 0.263 e. The zero-order chi connectivity index (χ0) is 15.6. The minimum Gasteiger partial charge on any atom is -0.341 e. The molecule has 1 amide bonds. The third-order valence-electron chi connectivity index (χ3n) is 4.54. The molecule has 3 nitrogen and oxygen atoms in total. The number of carbonyl (C=O) groups is 1. The number of fused-ring (bicyclic) bond motifs is 1. The Hall–Kier alpha value is -0.870. The zero-order valence-corrected chi connectivity index (χ0v) is 14.5. The molecule has 0 bridgehead atoms. The molecule has 2 unspecified atom stereocenters. The van der Waals surface area contributed by atoms with Crippen LogP contribution in [-0.2, 0) is 12.8 Å². The first-order chi connectivity index (χ1) is 9.88. The second-order valence-electron chi connectivity index (χ2n) is 6.83. The maximum Gasteiger partial charge on any atom is 0.263 e. The fourth-order valence-electron chi connectivity index (χ4n) is 2.78. The number of nitrogens with two attached hydrogens (primary N) is 1. The summed E-state index contributed by atoms with van der Waals surface area (Å²) in [6.07, 6.45) is 4.37. The van der Waals surface area contributed by atoms with Gasteiger partial charge in [0, 0.05) is 24.5 Å². The summed E-state index contributed by atoms with van der Waals surface area (Å²) in [6, 6.07) is 2.29. The molecule has 2 rings (SSSR count). The van der Waals surface area contributed by atoms with Crippen LogP contribution < -0.4 is 5.73 Å². The van der Waals surface area contributed by atoms with Crippen LogP contribution in [0, 0.1) is 11.8 Å². The van der Waals surface area contributed by atoms with Crippen LogP contribution >= 0.6 is 11.3 Å². The van der Waals surface area contributed by atoms with Crippen molar-refractivity contribution in [3.63, 3.8) is 0 Å². The molecule has 118 valence electrons. The van der Waals surface area contributed by atoms with Gasteiger partial charge in [0.15, 0.2) is 0 Å². The topological polar surface area (TPSA) is 46.3 Å². The van der Waals surface area contributed by atoms with Crippen molar-refractivity contribution in [3.8, 4) is 0 Å². The molecule has 0 spiro atoms. The van der Waals surface area contributed by atoms with Gasteiger partial charge in [-0.3, -0.25) is 4.79 Å². The number of amides is 1. The number of thiophene rings is 1. The highest BCUT2D eigenvalue weighted by Gasteiger charge is 2.22. The standard InChI is InChI=1S/C17H28N2OS/c1-11(2)14(18)7-8-19(4)17(20)16-10-13-9-12(3)5-6-15(13)21-16/h10-12,14H,5-9,18H2,1-4H3. The van der Waals surface area contributed by atoms with E-state index >= 15 is 0 Å². The second kappa shape index (κ2) is 6.93. The summed E-state index contributed by atoms with van der Waals surface area (Å²) in [5.41, 5.74) is 7.46. The Kier molecular flexibility index (Phi) is 5.44. The number of hydrogen-bond acceptors (Lipinski definition) is 3. The molecule has 2 atom stereocenters. The van der Waals surface area contributed by atoms with E-state index in [4.69, 9.17) is 5.73 Å². The van der Waals surface area contributed by atoms with Crippen molar-refractivity contribution in [2.24, 2.45) is 17.6 Å². The summed E-state index contributed by atoms with van der Waals surface area (Å²) >= 11 is 1.69. The first kappa shape index (κ1) is 16.5. The summed E-state index contributed by atoms with van der Waals surface area (Å²) in [6.45, 7) is 7.28. The molecule has 21 heavy (non-hydrogen) atoms. The van der Waals surface area contributed by atoms with Crippen molar-refractivity contribution in [3.05, 3.63) is 21.4 Å². The molecule has 0 aromatic carbocycles. The van der Waals surface area contributed by atoms with Crippen LogP contribution in [0.5, 0.6) is 0 Å². The van der Waals surface area contributed by atoms with Crippen molar-refractivity contribution in [2.75, 3.05) is 13.6 Å². The second-order valence-corrected chi connectivity index (χ2v) is 7.97. The Morgan fingerprint density at radius 3 is 2.90 bits per heavy atom. The molecule has 0 saturated heterocycles. The van der Waals surface area contributed by atoms with Gasteiger partial charge in [0.1, 0.15) is 0 Å². The van der Waals surface area contributed by atoms with E-state index in [0.29, 0.717) is 5.92 Å². The van der Waals surface area contributed by atoms with E-state index in [1.807, 2.05) is 11.9 Å². The Bertz CT molecular complexity index is 495. The highest BCUT2D eigenvalue weighted by Crippen LogP contribution is 2.32. The molecule has 0 radical (unpaired) electrons. The van der Waals surface area contributed by atoms with E-state index < -0.39 is 0 Å². The minimum absolute atomic E-state index is 0.151. The molecule has 2 N–H and O–H groups in total. The lowest BCUT2D eigenvalue weighted by Gasteiger charge is -2.21. The number of aryl methyl sites for hydroxylation is 1. The number of carbonyl (C=O) groups excluding carboxylic acids is 1. The summed E-state index contributed by atoms with van der Waals surface area (Å²) in [4.78, 5) is 16.7. The first-order valence-corrected chi connectivity index (χ1v) is 8.82. The molecule has 1 aliphatic rings. The molecule has 1 aromatic heterocycles. The predicted octanol–water partition coefficient (Wildman–Crippen LogP) is 3.32. The molecule has 0 aliphatic heterocycles. The summed E-state index contributed by atoms with van der Waals surface area (Å²) in [5, 5.41) is 0. The van der Waals surface area contributed by atoms with E-state index in [0.717, 1.165) is 36.6 Å². The average Bonchev–Trinajstić information content (AvgIpc) is 2.86. The van der Waals surface area contributed by atoms with E-state index in [2.05, 4.69) is 26.8 Å². The fraction of sp³-hybridized carbons (Fsp3) is 0.706. The lowest BCUT2D eigenvalue weighted by molar-refractivity contribution is 0.0794. The molecular formula is C17H28N2OS. The van der Waals surface area contributed by atoms with Crippen molar-refractivity contribution in [1.82, 2.24) is 4.90 Å². The number of hydrogen-bond donors (Lipinski definition) is 1. The lowest BCUT2D eigenvalue weighted by atomic mass is 9.90. The third kappa shape index (κ3) is 4.07. The maximum absolute atomic E-state index is 12.5. The van der Waals surface area contributed by atoms with Crippen LogP contribution in [0.4, 0.5) is 0 Å². The molecule has 1 aliphatic carbocycles. The molecular weight excluding hydrogens is 280 g/mol. The van der Waals surface area contributed by atoms with E-state index in [1.54, 1.807) is 11.3 Å². The predicted molar refractivity (Wildman–Crippen MR) is 89.9 cm³/mol. The monoisotopic (exact) mass is 308 g/mol. The molecule has 4 heteroatoms. The molecule has 0 fully saturated rings. The summed E-state index contributed by atoms with van der Waals surface area (Å²) < 4.78 is 0. The van der Waals surface area contributed by atoms with Crippen LogP contribution in [0.1, 0.15) is 53.7 Å². The summed E-state index contributed by atoms with van der Waals surface area (Å²) in [5.74, 6) is 1.36. The molecule has 1 heterocycles. The number of nitrogens with zero attached hydrogens (tertiary/aromatic N) is 1. The molecule has 0 saturated carbocycles. The fourth-order valence-corrected chi connectivity index (χ4v) is 3.98. The van der Waals surface area contributed by atoms with Crippen LogP contribution in [0.15, 0.2) is 6.07 Å². The first-order valence-electron chi connectivity index (χ1n) is 8.01. The van der Waals surface area contributed by atoms with Crippen LogP contribution in [0.2, 0.25) is 0 Å². The maximum atomic E-state index is 12.5. The SMILES string of the molecule is CC1CCc2sc(C(=O)N(C)CCC(N)C(C)C)cc2C1. The van der Waals surface area contributed by atoms with Gasteiger partial charge in [-0.25, -0.2) is 0 Å². The van der Waals surface area contributed by atoms with Crippen molar-refractivity contribution in [1.29, 1.82) is 0 Å². The van der Waals surface area contributed by atoms with Gasteiger partial charge >= 0.3 is 0 Å². The highest BCUT2D eigenvalue weighted by atomic mass is 32.1. The van der Waals surface area contributed by atoms with Gasteiger partial charge in [-0.1, -0.05) is 20.8 Å². The Labute approximate surface area is 132 Å². The van der Waals surface area contributed by atoms with Gasteiger partial charge in [0.2, 0.25) is 0 Å². The van der Waals surface area contributed by atoms with Crippen molar-refractivity contribution in [2.45, 2.75) is 52.5 Å². The zero-order valence-electron chi connectivity index (χ0n) is 13.7. The van der Waals surface area contributed by atoms with E-state index in [1.165, 1.54) is 16.9 Å². The Morgan fingerprint density at radius 1 is 1.52 bits per heavy atom. The van der Waals surface area contributed by atoms with Crippen molar-refractivity contribution >= 4 is 17.2 Å². The van der Waals surface area contributed by atoms with E-state index in [-0.39, 0.29) is 11.9 Å². The number of rotatable bonds is 5. The normalized spacial score (nSPS) is 19.4. The minimum atomic E-state index is 0.151. The van der Waals surface area contributed by atoms with Gasteiger partial charge in [-0.05, 0) is 49.1 Å². The van der Waals surface area contributed by atoms with Gasteiger partial charge < -0.3 is 10.6 Å². The van der Waals surface area contributed by atoms with Crippen molar-refractivity contribution < 1.29 is 4.79 Å². The summed E-state index contributed by atoms with van der Waals surface area (Å²) in [7, 11) is 1.89. The van der Waals surface area contributed by atoms with E-state index in [9.17, 15) is 4.79 Å². The van der Waals surface area contributed by atoms with Gasteiger partial charge in [-0.15, -0.1) is 11.3 Å². The average molecular weight is 308 g/mol. The molecule has 1 aromatic rings. The van der Waals surface area contributed by atoms with Gasteiger partial charge in [-0.2, -0.15) is 0 Å². The largest absolute Gasteiger partial charge is 0.341 e. The van der Waals surface area contributed by atoms with Gasteiger partial charge in [0.05, 0.1) is 4.88 Å². The Morgan fingerprint density at radius 2 is 2.24 bits per heavy atom. The highest BCUT2D eigenvalue weighted by molar-refractivity contribution is 7.14. The third-order valence-corrected chi connectivity index (χ3v) is 5.77.